The Hall–Kier alpha value is -1.79. The number of esters is 1. The number of allylic oxidation sites excluding steroid dienone is 6. The van der Waals surface area contributed by atoms with Gasteiger partial charge in [-0.1, -0.05) is 147 Å². The molecule has 0 aromatic heterocycles. The number of carbonyl (C=O) groups excluding carboxylic acids is 1. The number of hydrogen-bond donors (Lipinski definition) is 7. The molecule has 0 radical (unpaired) electrons. The average molecular weight is 943 g/mol. The highest BCUT2D eigenvalue weighted by molar-refractivity contribution is 5.69. The van der Waals surface area contributed by atoms with Gasteiger partial charge in [-0.25, -0.2) is 0 Å². The fourth-order valence-electron chi connectivity index (χ4n) is 8.07. The van der Waals surface area contributed by atoms with E-state index < -0.39 is 80.7 Å². The molecular formula is C52H94O14. The van der Waals surface area contributed by atoms with Crippen molar-refractivity contribution in [2.24, 2.45) is 0 Å². The van der Waals surface area contributed by atoms with Gasteiger partial charge in [0.1, 0.15) is 54.9 Å². The number of carbonyl (C=O) groups is 1. The van der Waals surface area contributed by atoms with Gasteiger partial charge in [-0.15, -0.1) is 0 Å². The van der Waals surface area contributed by atoms with Gasteiger partial charge < -0.3 is 64.2 Å². The summed E-state index contributed by atoms with van der Waals surface area (Å²) in [5, 5.41) is 72.1. The monoisotopic (exact) mass is 943 g/mol. The lowest BCUT2D eigenvalue weighted by atomic mass is 9.98. The van der Waals surface area contributed by atoms with Crippen LogP contribution in [0.2, 0.25) is 0 Å². The number of hydrogen-bond acceptors (Lipinski definition) is 14. The second-order valence-electron chi connectivity index (χ2n) is 18.3. The first kappa shape index (κ1) is 60.3. The van der Waals surface area contributed by atoms with Crippen LogP contribution in [0.3, 0.4) is 0 Å². The molecule has 14 nitrogen and oxygen atoms in total. The van der Waals surface area contributed by atoms with E-state index in [0.29, 0.717) is 13.0 Å². The summed E-state index contributed by atoms with van der Waals surface area (Å²) in [6.45, 7) is 3.63. The van der Waals surface area contributed by atoms with Crippen molar-refractivity contribution in [2.45, 2.75) is 255 Å². The van der Waals surface area contributed by atoms with Gasteiger partial charge in [0.25, 0.3) is 0 Å². The zero-order chi connectivity index (χ0) is 48.0. The summed E-state index contributed by atoms with van der Waals surface area (Å²) in [6.07, 6.45) is 27.7. The van der Waals surface area contributed by atoms with Crippen molar-refractivity contribution in [1.29, 1.82) is 0 Å². The average Bonchev–Trinajstić information content (AvgIpc) is 3.31. The third-order valence-corrected chi connectivity index (χ3v) is 12.4. The summed E-state index contributed by atoms with van der Waals surface area (Å²) in [5.41, 5.74) is 0. The topological polar surface area (TPSA) is 214 Å². The largest absolute Gasteiger partial charge is 0.457 e. The van der Waals surface area contributed by atoms with E-state index in [1.165, 1.54) is 83.5 Å². The van der Waals surface area contributed by atoms with Gasteiger partial charge in [0.15, 0.2) is 12.6 Å². The third-order valence-electron chi connectivity index (χ3n) is 12.4. The van der Waals surface area contributed by atoms with Crippen molar-refractivity contribution in [2.75, 3.05) is 33.0 Å². The molecule has 7 N–H and O–H groups in total. The molecule has 11 unspecified atom stereocenters. The molecule has 386 valence electrons. The van der Waals surface area contributed by atoms with Gasteiger partial charge in [0, 0.05) is 13.0 Å². The summed E-state index contributed by atoms with van der Waals surface area (Å²) >= 11 is 0. The standard InChI is InChI=1S/C52H94O14/c1-3-5-7-9-11-13-15-17-19-21-23-25-27-29-31-33-35-44(54)64-41(38-61-36-34-32-30-28-26-24-22-20-18-16-14-12-10-8-6-4-2)39-62-51-50(60)48(58)46(56)43(66-51)40-63-52-49(59)47(57)45(55)42(37-53)65-52/h12,14,18-21,41-43,45-53,55-60H,3-11,13,15-17,22-40H2,1-2H3/b14-12-,20-18-,21-19-. The Bertz CT molecular complexity index is 1230. The molecule has 11 atom stereocenters. The van der Waals surface area contributed by atoms with Gasteiger partial charge in [0.05, 0.1) is 26.4 Å². The molecule has 0 spiro atoms. The van der Waals surface area contributed by atoms with Crippen LogP contribution >= 0.6 is 0 Å². The minimum Gasteiger partial charge on any atom is -0.457 e. The van der Waals surface area contributed by atoms with Crippen LogP contribution in [0.1, 0.15) is 187 Å². The Kier molecular flexibility index (Phi) is 36.6. The van der Waals surface area contributed by atoms with Crippen LogP contribution in [0.15, 0.2) is 36.5 Å². The van der Waals surface area contributed by atoms with Crippen molar-refractivity contribution in [3.8, 4) is 0 Å². The SMILES string of the molecule is CCCCC/C=C\C/C=C\CCCCCCCCOCC(COC1OC(COC2OC(CO)C(O)C(O)C2O)C(O)C(O)C1O)OC(=O)CCCCCCC/C=C\CCCCCCCCC. The predicted molar refractivity (Wildman–Crippen MR) is 256 cm³/mol. The molecule has 0 bridgehead atoms. The van der Waals surface area contributed by atoms with E-state index in [1.807, 2.05) is 0 Å². The summed E-state index contributed by atoms with van der Waals surface area (Å²) < 4.78 is 34.3. The molecule has 14 heteroatoms. The quantitative estimate of drug-likeness (QED) is 0.0177. The minimum absolute atomic E-state index is 0.0517. The van der Waals surface area contributed by atoms with Crippen LogP contribution in [-0.2, 0) is 33.2 Å². The molecule has 2 aliphatic heterocycles. The number of rotatable bonds is 41. The normalized spacial score (nSPS) is 26.6. The Morgan fingerprint density at radius 1 is 0.500 bits per heavy atom. The Labute approximate surface area is 398 Å². The molecule has 2 heterocycles. The molecule has 66 heavy (non-hydrogen) atoms. The van der Waals surface area contributed by atoms with Crippen molar-refractivity contribution in [3.63, 3.8) is 0 Å². The summed E-state index contributed by atoms with van der Waals surface area (Å²) in [7, 11) is 0. The number of ether oxygens (including phenoxy) is 6. The van der Waals surface area contributed by atoms with Crippen LogP contribution < -0.4 is 0 Å². The predicted octanol–water partition coefficient (Wildman–Crippen LogP) is 7.80. The first-order chi connectivity index (χ1) is 32.1. The number of unbranched alkanes of at least 4 members (excludes halogenated alkanes) is 21. The van der Waals surface area contributed by atoms with E-state index in [1.54, 1.807) is 0 Å². The lowest BCUT2D eigenvalue weighted by molar-refractivity contribution is -0.332. The summed E-state index contributed by atoms with van der Waals surface area (Å²) in [4.78, 5) is 13.0. The van der Waals surface area contributed by atoms with E-state index in [-0.39, 0.29) is 25.6 Å². The first-order valence-electron chi connectivity index (χ1n) is 26.1. The van der Waals surface area contributed by atoms with Crippen LogP contribution in [0.25, 0.3) is 0 Å². The minimum atomic E-state index is -1.71. The molecule has 2 aliphatic rings. The van der Waals surface area contributed by atoms with Gasteiger partial charge >= 0.3 is 5.97 Å². The van der Waals surface area contributed by atoms with Crippen LogP contribution in [0.5, 0.6) is 0 Å². The number of aliphatic hydroxyl groups is 7. The van der Waals surface area contributed by atoms with Crippen molar-refractivity contribution in [1.82, 2.24) is 0 Å². The maximum atomic E-state index is 13.0. The van der Waals surface area contributed by atoms with Gasteiger partial charge in [-0.05, 0) is 70.6 Å². The van der Waals surface area contributed by atoms with Crippen molar-refractivity contribution < 1.29 is 69.0 Å². The highest BCUT2D eigenvalue weighted by atomic mass is 16.7. The van der Waals surface area contributed by atoms with E-state index in [4.69, 9.17) is 28.4 Å². The Morgan fingerprint density at radius 2 is 0.939 bits per heavy atom. The number of aliphatic hydroxyl groups excluding tert-OH is 7. The molecule has 2 saturated heterocycles. The molecule has 0 amide bonds. The van der Waals surface area contributed by atoms with Gasteiger partial charge in [0.2, 0.25) is 0 Å². The lowest BCUT2D eigenvalue weighted by Gasteiger charge is -2.42. The molecule has 2 fully saturated rings. The molecule has 2 rings (SSSR count). The molecule has 0 aliphatic carbocycles. The summed E-state index contributed by atoms with van der Waals surface area (Å²) in [6, 6.07) is 0. The van der Waals surface area contributed by atoms with Crippen molar-refractivity contribution >= 4 is 5.97 Å². The van der Waals surface area contributed by atoms with E-state index >= 15 is 0 Å². The van der Waals surface area contributed by atoms with Crippen LogP contribution in [0, 0.1) is 0 Å². The second-order valence-corrected chi connectivity index (χ2v) is 18.3. The smallest absolute Gasteiger partial charge is 0.306 e. The van der Waals surface area contributed by atoms with Gasteiger partial charge in [-0.3, -0.25) is 4.79 Å². The zero-order valence-electron chi connectivity index (χ0n) is 40.9. The Balaban J connectivity index is 1.78. The highest BCUT2D eigenvalue weighted by Gasteiger charge is 2.47. The highest BCUT2D eigenvalue weighted by Crippen LogP contribution is 2.26. The van der Waals surface area contributed by atoms with Crippen molar-refractivity contribution in [3.05, 3.63) is 36.5 Å². The zero-order valence-corrected chi connectivity index (χ0v) is 40.9. The molecule has 0 aromatic carbocycles. The third kappa shape index (κ3) is 27.4. The molecular weight excluding hydrogens is 849 g/mol. The molecule has 0 saturated carbocycles. The summed E-state index contributed by atoms with van der Waals surface area (Å²) in [5.74, 6) is -0.388. The fourth-order valence-corrected chi connectivity index (χ4v) is 8.07. The maximum Gasteiger partial charge on any atom is 0.306 e. The van der Waals surface area contributed by atoms with Gasteiger partial charge in [-0.2, -0.15) is 0 Å². The lowest BCUT2D eigenvalue weighted by Crippen LogP contribution is -2.61. The Morgan fingerprint density at radius 3 is 1.50 bits per heavy atom. The van der Waals surface area contributed by atoms with Crippen LogP contribution in [0.4, 0.5) is 0 Å². The van der Waals surface area contributed by atoms with E-state index in [9.17, 15) is 40.5 Å². The maximum absolute atomic E-state index is 13.0. The first-order valence-corrected chi connectivity index (χ1v) is 26.1. The fraction of sp³-hybridized carbons (Fsp3) is 0.865. The second kappa shape index (κ2) is 40.0. The van der Waals surface area contributed by atoms with E-state index in [2.05, 4.69) is 50.3 Å². The molecule has 0 aromatic rings. The van der Waals surface area contributed by atoms with E-state index in [0.717, 1.165) is 77.0 Å². The van der Waals surface area contributed by atoms with Crippen LogP contribution in [-0.4, -0.2) is 142 Å².